The molecule has 2 aliphatic rings. The summed E-state index contributed by atoms with van der Waals surface area (Å²) in [6.45, 7) is 3.51. The van der Waals surface area contributed by atoms with Crippen molar-refractivity contribution in [3.63, 3.8) is 0 Å². The van der Waals surface area contributed by atoms with Gasteiger partial charge in [-0.15, -0.1) is 0 Å². The summed E-state index contributed by atoms with van der Waals surface area (Å²) < 4.78 is 0. The number of thioether (sulfide) groups is 2. The number of carbonyl (C=O) groups excluding carboxylic acids is 1. The molecular formula is C14H20N4OS2. The molecule has 0 N–H and O–H groups in total. The van der Waals surface area contributed by atoms with E-state index in [1.54, 1.807) is 18.0 Å². The molecular weight excluding hydrogens is 304 g/mol. The predicted molar refractivity (Wildman–Crippen MR) is 88.0 cm³/mol. The summed E-state index contributed by atoms with van der Waals surface area (Å²) in [6, 6.07) is 1.93. The van der Waals surface area contributed by atoms with Crippen LogP contribution in [0.25, 0.3) is 0 Å². The average molecular weight is 324 g/mol. The summed E-state index contributed by atoms with van der Waals surface area (Å²) in [5.41, 5.74) is 0. The van der Waals surface area contributed by atoms with Crippen molar-refractivity contribution in [1.29, 1.82) is 0 Å². The molecule has 1 aromatic rings. The molecule has 3 rings (SSSR count). The van der Waals surface area contributed by atoms with Crippen molar-refractivity contribution >= 4 is 35.2 Å². The van der Waals surface area contributed by atoms with E-state index in [-0.39, 0.29) is 5.92 Å². The third kappa shape index (κ3) is 3.45. The Balaban J connectivity index is 1.63. The predicted octanol–water partition coefficient (Wildman–Crippen LogP) is 1.60. The van der Waals surface area contributed by atoms with Crippen LogP contribution in [0.4, 0.5) is 5.82 Å². The van der Waals surface area contributed by atoms with Gasteiger partial charge in [-0.2, -0.15) is 11.8 Å². The van der Waals surface area contributed by atoms with Crippen molar-refractivity contribution < 1.29 is 4.79 Å². The maximum Gasteiger partial charge on any atom is 0.227 e. The molecule has 1 amide bonds. The van der Waals surface area contributed by atoms with Gasteiger partial charge in [0.25, 0.3) is 0 Å². The Kier molecular flexibility index (Phi) is 4.90. The first kappa shape index (κ1) is 15.0. The van der Waals surface area contributed by atoms with Gasteiger partial charge < -0.3 is 9.80 Å². The van der Waals surface area contributed by atoms with Crippen molar-refractivity contribution in [2.75, 3.05) is 48.8 Å². The second-order valence-corrected chi connectivity index (χ2v) is 7.27. The van der Waals surface area contributed by atoms with Crippen LogP contribution in [0.1, 0.15) is 6.42 Å². The molecule has 0 radical (unpaired) electrons. The van der Waals surface area contributed by atoms with Crippen LogP contribution in [-0.2, 0) is 4.79 Å². The number of amides is 1. The first-order valence-electron chi connectivity index (χ1n) is 7.26. The lowest BCUT2D eigenvalue weighted by molar-refractivity contribution is -0.134. The normalized spacial score (nSPS) is 22.6. The zero-order valence-corrected chi connectivity index (χ0v) is 13.8. The molecule has 114 valence electrons. The number of hydrogen-bond donors (Lipinski definition) is 0. The van der Waals surface area contributed by atoms with Crippen molar-refractivity contribution in [3.05, 3.63) is 12.3 Å². The molecule has 7 heteroatoms. The highest BCUT2D eigenvalue weighted by Gasteiger charge is 2.32. The van der Waals surface area contributed by atoms with E-state index < -0.39 is 0 Å². The maximum atomic E-state index is 12.6. The Morgan fingerprint density at radius 2 is 2.19 bits per heavy atom. The smallest absolute Gasteiger partial charge is 0.227 e. The average Bonchev–Trinajstić information content (AvgIpc) is 3.05. The summed E-state index contributed by atoms with van der Waals surface area (Å²) >= 11 is 3.48. The van der Waals surface area contributed by atoms with Gasteiger partial charge >= 0.3 is 0 Å². The Bertz CT molecular complexity index is 508. The second-order valence-electron chi connectivity index (χ2n) is 5.27. The van der Waals surface area contributed by atoms with Crippen LogP contribution in [0.5, 0.6) is 0 Å². The minimum atomic E-state index is 0.126. The highest BCUT2D eigenvalue weighted by molar-refractivity contribution is 7.99. The van der Waals surface area contributed by atoms with Gasteiger partial charge in [0.2, 0.25) is 5.91 Å². The van der Waals surface area contributed by atoms with E-state index in [9.17, 15) is 4.79 Å². The number of nitrogens with zero attached hydrogens (tertiary/aromatic N) is 4. The van der Waals surface area contributed by atoms with Crippen molar-refractivity contribution in [2.45, 2.75) is 11.6 Å². The van der Waals surface area contributed by atoms with E-state index >= 15 is 0 Å². The lowest BCUT2D eigenvalue weighted by Gasteiger charge is -2.29. The highest BCUT2D eigenvalue weighted by Crippen LogP contribution is 2.25. The fourth-order valence-corrected chi connectivity index (χ4v) is 4.07. The zero-order valence-electron chi connectivity index (χ0n) is 12.2. The van der Waals surface area contributed by atoms with Gasteiger partial charge in [-0.1, -0.05) is 11.8 Å². The number of aromatic nitrogens is 2. The summed E-state index contributed by atoms with van der Waals surface area (Å²) in [5, 5.41) is 0.787. The van der Waals surface area contributed by atoms with Crippen molar-refractivity contribution in [2.24, 2.45) is 5.92 Å². The molecule has 5 nitrogen and oxygen atoms in total. The van der Waals surface area contributed by atoms with Crippen LogP contribution in [0, 0.1) is 5.92 Å². The van der Waals surface area contributed by atoms with Crippen LogP contribution in [0.15, 0.2) is 17.4 Å². The molecule has 2 fully saturated rings. The van der Waals surface area contributed by atoms with Gasteiger partial charge in [0.05, 0.1) is 5.92 Å². The van der Waals surface area contributed by atoms with E-state index in [0.29, 0.717) is 5.91 Å². The minimum absolute atomic E-state index is 0.126. The summed E-state index contributed by atoms with van der Waals surface area (Å²) in [6.07, 6.45) is 4.70. The van der Waals surface area contributed by atoms with Gasteiger partial charge in [-0.25, -0.2) is 9.97 Å². The lowest BCUT2D eigenvalue weighted by Crippen LogP contribution is -2.42. The minimum Gasteiger partial charge on any atom is -0.356 e. The molecule has 0 spiro atoms. The molecule has 2 saturated heterocycles. The van der Waals surface area contributed by atoms with E-state index in [2.05, 4.69) is 14.9 Å². The monoisotopic (exact) mass is 324 g/mol. The Morgan fingerprint density at radius 1 is 1.38 bits per heavy atom. The third-order valence-corrected chi connectivity index (χ3v) is 5.49. The molecule has 0 saturated carbocycles. The van der Waals surface area contributed by atoms with Gasteiger partial charge in [0, 0.05) is 43.9 Å². The third-order valence-electron chi connectivity index (χ3n) is 3.99. The SMILES string of the molecule is CSc1nccc(N2CCC(C(=O)N3CCSCC3)C2)n1. The van der Waals surface area contributed by atoms with E-state index in [1.165, 1.54) is 0 Å². The first-order valence-corrected chi connectivity index (χ1v) is 9.64. The van der Waals surface area contributed by atoms with Crippen molar-refractivity contribution in [3.8, 4) is 0 Å². The largest absolute Gasteiger partial charge is 0.356 e. The fourth-order valence-electron chi connectivity index (χ4n) is 2.82. The molecule has 3 heterocycles. The Hall–Kier alpha value is -0.950. The van der Waals surface area contributed by atoms with E-state index in [4.69, 9.17) is 0 Å². The molecule has 21 heavy (non-hydrogen) atoms. The topological polar surface area (TPSA) is 49.3 Å². The second kappa shape index (κ2) is 6.87. The van der Waals surface area contributed by atoms with Crippen LogP contribution >= 0.6 is 23.5 Å². The van der Waals surface area contributed by atoms with E-state index in [1.807, 2.05) is 29.0 Å². The molecule has 1 aromatic heterocycles. The standard InChI is InChI=1S/C14H20N4OS2/c1-20-14-15-4-2-12(16-14)18-5-3-11(10-18)13(19)17-6-8-21-9-7-17/h2,4,11H,3,5-10H2,1H3. The Morgan fingerprint density at radius 3 is 2.95 bits per heavy atom. The summed E-state index contributed by atoms with van der Waals surface area (Å²) in [7, 11) is 0. The van der Waals surface area contributed by atoms with Gasteiger partial charge in [0.1, 0.15) is 5.82 Å². The lowest BCUT2D eigenvalue weighted by atomic mass is 10.1. The molecule has 1 atom stereocenters. The maximum absolute atomic E-state index is 12.6. The zero-order chi connectivity index (χ0) is 14.7. The molecule has 0 bridgehead atoms. The van der Waals surface area contributed by atoms with Crippen LogP contribution in [-0.4, -0.2) is 64.7 Å². The molecule has 1 unspecified atom stereocenters. The number of rotatable bonds is 3. The number of hydrogen-bond acceptors (Lipinski definition) is 6. The number of anilines is 1. The summed E-state index contributed by atoms with van der Waals surface area (Å²) in [4.78, 5) is 25.5. The quantitative estimate of drug-likeness (QED) is 0.622. The first-order chi connectivity index (χ1) is 10.3. The van der Waals surface area contributed by atoms with E-state index in [0.717, 1.165) is 55.1 Å². The number of carbonyl (C=O) groups is 1. The summed E-state index contributed by atoms with van der Waals surface area (Å²) in [5.74, 6) is 3.55. The van der Waals surface area contributed by atoms with Crippen LogP contribution < -0.4 is 4.90 Å². The van der Waals surface area contributed by atoms with Gasteiger partial charge in [-0.3, -0.25) is 4.79 Å². The molecule has 0 aromatic carbocycles. The molecule has 2 aliphatic heterocycles. The highest BCUT2D eigenvalue weighted by atomic mass is 32.2. The van der Waals surface area contributed by atoms with Crippen LogP contribution in [0.2, 0.25) is 0 Å². The van der Waals surface area contributed by atoms with Crippen LogP contribution in [0.3, 0.4) is 0 Å². The van der Waals surface area contributed by atoms with Gasteiger partial charge in [-0.05, 0) is 18.7 Å². The van der Waals surface area contributed by atoms with Gasteiger partial charge in [0.15, 0.2) is 5.16 Å². The fraction of sp³-hybridized carbons (Fsp3) is 0.643. The van der Waals surface area contributed by atoms with Crippen molar-refractivity contribution in [1.82, 2.24) is 14.9 Å². The Labute approximate surface area is 133 Å². The molecule has 0 aliphatic carbocycles.